The monoisotopic (exact) mass is 216 g/mol. The van der Waals surface area contributed by atoms with E-state index in [0.717, 1.165) is 0 Å². The van der Waals surface area contributed by atoms with E-state index in [4.69, 9.17) is 7.85 Å². The van der Waals surface area contributed by atoms with Crippen molar-refractivity contribution in [1.29, 1.82) is 0 Å². The van der Waals surface area contributed by atoms with E-state index in [1.165, 1.54) is 5.56 Å². The Bertz CT molecular complexity index is 320. The van der Waals surface area contributed by atoms with Crippen LogP contribution in [0.5, 0.6) is 0 Å². The van der Waals surface area contributed by atoms with E-state index in [0.29, 0.717) is 5.56 Å². The Morgan fingerprint density at radius 3 is 1.88 bits per heavy atom. The Labute approximate surface area is 101 Å². The van der Waals surface area contributed by atoms with Crippen molar-refractivity contribution in [3.63, 3.8) is 0 Å². The topological polar surface area (TPSA) is 17.1 Å². The molecule has 1 rings (SSSR count). The van der Waals surface area contributed by atoms with Gasteiger partial charge in [0, 0.05) is 5.56 Å². The van der Waals surface area contributed by atoms with Gasteiger partial charge >= 0.3 is 0 Å². The first-order valence-corrected chi connectivity index (χ1v) is 5.79. The predicted molar refractivity (Wildman–Crippen MR) is 71.4 cm³/mol. The molecule has 0 saturated carbocycles. The van der Waals surface area contributed by atoms with Crippen LogP contribution in [0.1, 0.15) is 50.5 Å². The second kappa shape index (κ2) is 6.52. The minimum Gasteiger partial charge on any atom is -0.295 e. The van der Waals surface area contributed by atoms with Gasteiger partial charge in [-0.05, 0) is 17.3 Å². The minimum atomic E-state index is -0.00883. The fourth-order valence-electron chi connectivity index (χ4n) is 1.27. The van der Waals surface area contributed by atoms with Gasteiger partial charge in [0.1, 0.15) is 0 Å². The van der Waals surface area contributed by atoms with Crippen LogP contribution in [0.3, 0.4) is 0 Å². The van der Waals surface area contributed by atoms with Gasteiger partial charge in [-0.15, -0.1) is 0 Å². The summed E-state index contributed by atoms with van der Waals surface area (Å²) in [6, 6.07) is 7.66. The standard InChI is InChI=1S/C12H15BO.C2H6/c1-12(2,3)10-6-4-9(5-7-10)11(14)8-13;1-2/h4-7H,8H2,1-3H3;1-2H3. The zero-order chi connectivity index (χ0) is 12.8. The van der Waals surface area contributed by atoms with Crippen LogP contribution in [0.2, 0.25) is 6.32 Å². The molecular formula is C14H21BO. The zero-order valence-corrected chi connectivity index (χ0v) is 11.0. The van der Waals surface area contributed by atoms with E-state index < -0.39 is 0 Å². The predicted octanol–water partition coefficient (Wildman–Crippen LogP) is 3.78. The van der Waals surface area contributed by atoms with E-state index in [-0.39, 0.29) is 17.5 Å². The van der Waals surface area contributed by atoms with Gasteiger partial charge in [-0.3, -0.25) is 4.79 Å². The molecule has 1 nitrogen and oxygen atoms in total. The second-order valence-corrected chi connectivity index (χ2v) is 4.45. The summed E-state index contributed by atoms with van der Waals surface area (Å²) in [4.78, 5) is 11.2. The molecule has 2 heteroatoms. The van der Waals surface area contributed by atoms with Gasteiger partial charge in [-0.2, -0.15) is 0 Å². The summed E-state index contributed by atoms with van der Waals surface area (Å²) in [6.45, 7) is 10.4. The molecule has 0 N–H and O–H groups in total. The lowest BCUT2D eigenvalue weighted by atomic mass is 9.86. The van der Waals surface area contributed by atoms with Crippen molar-refractivity contribution in [2.24, 2.45) is 0 Å². The van der Waals surface area contributed by atoms with Crippen LogP contribution < -0.4 is 0 Å². The quantitative estimate of drug-likeness (QED) is 0.543. The summed E-state index contributed by atoms with van der Waals surface area (Å²) >= 11 is 0. The summed E-state index contributed by atoms with van der Waals surface area (Å²) in [6.07, 6.45) is 0.0782. The van der Waals surface area contributed by atoms with E-state index in [2.05, 4.69) is 20.8 Å². The van der Waals surface area contributed by atoms with Crippen molar-refractivity contribution in [1.82, 2.24) is 0 Å². The number of carbonyl (C=O) groups is 1. The number of rotatable bonds is 2. The Morgan fingerprint density at radius 1 is 1.12 bits per heavy atom. The van der Waals surface area contributed by atoms with E-state index >= 15 is 0 Å². The Morgan fingerprint density at radius 2 is 1.56 bits per heavy atom. The third-order valence-corrected chi connectivity index (χ3v) is 2.26. The molecule has 0 aliphatic carbocycles. The fourth-order valence-corrected chi connectivity index (χ4v) is 1.27. The van der Waals surface area contributed by atoms with E-state index in [9.17, 15) is 4.79 Å². The van der Waals surface area contributed by atoms with Gasteiger partial charge in [0.2, 0.25) is 0 Å². The van der Waals surface area contributed by atoms with Crippen LogP contribution >= 0.6 is 0 Å². The fraction of sp³-hybridized carbons (Fsp3) is 0.500. The summed E-state index contributed by atoms with van der Waals surface area (Å²) in [5.74, 6) is -0.00883. The maximum atomic E-state index is 11.2. The lowest BCUT2D eigenvalue weighted by Crippen LogP contribution is -2.11. The highest BCUT2D eigenvalue weighted by molar-refractivity contribution is 6.23. The molecule has 0 fully saturated rings. The van der Waals surface area contributed by atoms with Crippen molar-refractivity contribution < 1.29 is 4.79 Å². The van der Waals surface area contributed by atoms with Gasteiger partial charge in [0.05, 0.1) is 7.85 Å². The summed E-state index contributed by atoms with van der Waals surface area (Å²) in [7, 11) is 5.28. The van der Waals surface area contributed by atoms with Gasteiger partial charge in [0.25, 0.3) is 0 Å². The molecule has 0 bridgehead atoms. The van der Waals surface area contributed by atoms with Crippen LogP contribution in [0.25, 0.3) is 0 Å². The van der Waals surface area contributed by atoms with Crippen molar-refractivity contribution in [2.75, 3.05) is 0 Å². The van der Waals surface area contributed by atoms with Gasteiger partial charge in [-0.25, -0.2) is 0 Å². The zero-order valence-electron chi connectivity index (χ0n) is 11.0. The minimum absolute atomic E-state index is 0.00883. The number of ketones is 1. The Hall–Kier alpha value is -1.05. The van der Waals surface area contributed by atoms with Crippen molar-refractivity contribution in [3.05, 3.63) is 35.4 Å². The molecule has 0 unspecified atom stereocenters. The largest absolute Gasteiger partial charge is 0.295 e. The van der Waals surface area contributed by atoms with Gasteiger partial charge in [0.15, 0.2) is 5.78 Å². The number of benzene rings is 1. The molecule has 0 atom stereocenters. The number of hydrogen-bond acceptors (Lipinski definition) is 1. The number of carbonyl (C=O) groups excluding carboxylic acids is 1. The molecule has 0 saturated heterocycles. The lowest BCUT2D eigenvalue weighted by molar-refractivity contribution is 0.101. The first-order chi connectivity index (χ1) is 7.45. The van der Waals surface area contributed by atoms with Crippen LogP contribution in [-0.4, -0.2) is 13.6 Å². The van der Waals surface area contributed by atoms with Gasteiger partial charge in [-0.1, -0.05) is 58.9 Å². The van der Waals surface area contributed by atoms with Gasteiger partial charge < -0.3 is 0 Å². The van der Waals surface area contributed by atoms with E-state index in [1.807, 2.05) is 38.1 Å². The molecule has 16 heavy (non-hydrogen) atoms. The number of hydrogen-bond donors (Lipinski definition) is 0. The van der Waals surface area contributed by atoms with Crippen molar-refractivity contribution in [3.8, 4) is 0 Å². The highest BCUT2D eigenvalue weighted by atomic mass is 16.1. The normalized spacial score (nSPS) is 10.3. The first-order valence-electron chi connectivity index (χ1n) is 5.79. The molecule has 0 amide bonds. The molecule has 2 radical (unpaired) electrons. The van der Waals surface area contributed by atoms with Crippen molar-refractivity contribution >= 4 is 13.6 Å². The maximum absolute atomic E-state index is 11.2. The van der Waals surface area contributed by atoms with Crippen LogP contribution in [0.4, 0.5) is 0 Å². The molecule has 0 aliphatic heterocycles. The second-order valence-electron chi connectivity index (χ2n) is 4.45. The molecule has 86 valence electrons. The van der Waals surface area contributed by atoms with E-state index in [1.54, 1.807) is 0 Å². The molecule has 1 aromatic carbocycles. The SMILES string of the molecule is CC.[B]CC(=O)c1ccc(C(C)(C)C)cc1. The summed E-state index contributed by atoms with van der Waals surface area (Å²) in [5.41, 5.74) is 2.05. The lowest BCUT2D eigenvalue weighted by Gasteiger charge is -2.18. The number of Topliss-reactive ketones (excluding diaryl/α,β-unsaturated/α-hetero) is 1. The third kappa shape index (κ3) is 4.22. The first kappa shape index (κ1) is 15.0. The highest BCUT2D eigenvalue weighted by Crippen LogP contribution is 2.22. The molecule has 0 heterocycles. The molecule has 0 aromatic heterocycles. The smallest absolute Gasteiger partial charge is 0.154 e. The summed E-state index contributed by atoms with van der Waals surface area (Å²) in [5, 5.41) is 0. The molecule has 1 aromatic rings. The van der Waals surface area contributed by atoms with Crippen molar-refractivity contribution in [2.45, 2.75) is 46.4 Å². The van der Waals surface area contributed by atoms with Crippen LogP contribution in [0.15, 0.2) is 24.3 Å². The highest BCUT2D eigenvalue weighted by Gasteiger charge is 2.13. The Kier molecular flexibility index (Phi) is 6.09. The Balaban J connectivity index is 0.00000106. The average Bonchev–Trinajstić information content (AvgIpc) is 2.30. The summed E-state index contributed by atoms with van der Waals surface area (Å²) < 4.78 is 0. The van der Waals surface area contributed by atoms with Crippen LogP contribution in [-0.2, 0) is 5.41 Å². The third-order valence-electron chi connectivity index (χ3n) is 2.26. The molecule has 0 aliphatic rings. The average molecular weight is 216 g/mol. The maximum Gasteiger partial charge on any atom is 0.154 e. The molecular weight excluding hydrogens is 195 g/mol. The van der Waals surface area contributed by atoms with Crippen LogP contribution in [0, 0.1) is 0 Å². The molecule has 0 spiro atoms.